The number of amides is 1. The van der Waals surface area contributed by atoms with Gasteiger partial charge >= 0.3 is 0 Å². The first-order chi connectivity index (χ1) is 4.72. The molecule has 0 unspecified atom stereocenters. The number of carbonyl (C=O) groups excluding carboxylic acids is 1. The third-order valence-electron chi connectivity index (χ3n) is 1.14. The molecule has 0 fully saturated rings. The molecule has 11 heavy (non-hydrogen) atoms. The third-order valence-corrected chi connectivity index (χ3v) is 1.83. The van der Waals surface area contributed by atoms with E-state index in [4.69, 9.17) is 5.73 Å². The maximum Gasteiger partial charge on any atom is 0.249 e. The van der Waals surface area contributed by atoms with E-state index < -0.39 is 5.91 Å². The van der Waals surface area contributed by atoms with Crippen LogP contribution in [0, 0.1) is 0 Å². The average Bonchev–Trinajstić information content (AvgIpc) is 1.88. The Labute approximate surface area is 86.9 Å². The molecule has 0 heterocycles. The molecular weight excluding hydrogens is 300 g/mol. The Kier molecular flexibility index (Phi) is 4.59. The van der Waals surface area contributed by atoms with Crippen molar-refractivity contribution in [3.8, 4) is 0 Å². The summed E-state index contributed by atoms with van der Waals surface area (Å²) in [7, 11) is 0. The predicted molar refractivity (Wildman–Crippen MR) is 42.7 cm³/mol. The summed E-state index contributed by atoms with van der Waals surface area (Å²) in [6.45, 7) is 0. The molecule has 0 aliphatic rings. The van der Waals surface area contributed by atoms with Gasteiger partial charge in [0.2, 0.25) is 5.91 Å². The number of primary amides is 1. The van der Waals surface area contributed by atoms with Gasteiger partial charge in [-0.3, -0.25) is 4.79 Å². The van der Waals surface area contributed by atoms with Crippen LogP contribution in [0.1, 0.15) is 10.4 Å². The molecule has 0 bridgehead atoms. The molecule has 0 aliphatic heterocycles. The summed E-state index contributed by atoms with van der Waals surface area (Å²) < 4.78 is 0.738. The van der Waals surface area contributed by atoms with Gasteiger partial charge in [0.25, 0.3) is 0 Å². The van der Waals surface area contributed by atoms with Crippen LogP contribution < -0.4 is 5.73 Å². The molecule has 2 N–H and O–H groups in total. The fraction of sp³-hybridized carbons (Fsp3) is 0. The number of nitrogens with two attached hydrogens (primary N) is 1. The van der Waals surface area contributed by atoms with Crippen molar-refractivity contribution in [3.63, 3.8) is 0 Å². The number of hydrogen-bond donors (Lipinski definition) is 1. The smallest absolute Gasteiger partial charge is 0.249 e. The van der Waals surface area contributed by atoms with Crippen molar-refractivity contribution in [3.05, 3.63) is 34.3 Å². The van der Waals surface area contributed by atoms with Crippen LogP contribution in [0.2, 0.25) is 0 Å². The molecule has 62 valence electrons. The van der Waals surface area contributed by atoms with Crippen LogP contribution in [0.4, 0.5) is 0 Å². The van der Waals surface area contributed by atoms with Crippen molar-refractivity contribution in [2.24, 2.45) is 5.73 Å². The second kappa shape index (κ2) is 4.66. The van der Waals surface area contributed by atoms with E-state index >= 15 is 0 Å². The molecule has 0 spiro atoms. The molecule has 1 aromatic rings. The zero-order chi connectivity index (χ0) is 7.56. The fourth-order valence-corrected chi connectivity index (χ4v) is 1.14. The van der Waals surface area contributed by atoms with Gasteiger partial charge in [-0.15, -0.1) is 0 Å². The molecular formula is C7H6BrNOPd. The van der Waals surface area contributed by atoms with Crippen LogP contribution in [0.5, 0.6) is 0 Å². The SMILES string of the molecule is NC(=O)c1ccccc1Br.[Pd]. The molecule has 0 atom stereocenters. The second-order valence-electron chi connectivity index (χ2n) is 1.84. The molecule has 0 saturated heterocycles. The molecule has 1 aromatic carbocycles. The second-order valence-corrected chi connectivity index (χ2v) is 2.70. The van der Waals surface area contributed by atoms with Gasteiger partial charge in [0, 0.05) is 24.9 Å². The Morgan fingerprint density at radius 2 is 1.91 bits per heavy atom. The number of carbonyl (C=O) groups is 1. The van der Waals surface area contributed by atoms with Gasteiger partial charge in [-0.25, -0.2) is 0 Å². The van der Waals surface area contributed by atoms with Gasteiger partial charge in [-0.2, -0.15) is 0 Å². The summed E-state index contributed by atoms with van der Waals surface area (Å²) in [6, 6.07) is 7.05. The zero-order valence-electron chi connectivity index (χ0n) is 5.49. The normalized spacial score (nSPS) is 8.45. The van der Waals surface area contributed by atoms with Crippen LogP contribution in [-0.4, -0.2) is 5.91 Å². The molecule has 0 radical (unpaired) electrons. The van der Waals surface area contributed by atoms with E-state index in [1.54, 1.807) is 18.2 Å². The first-order valence-electron chi connectivity index (χ1n) is 2.76. The van der Waals surface area contributed by atoms with E-state index in [1.165, 1.54) is 0 Å². The summed E-state index contributed by atoms with van der Waals surface area (Å²) in [6.07, 6.45) is 0. The molecule has 1 rings (SSSR count). The topological polar surface area (TPSA) is 43.1 Å². The maximum atomic E-state index is 10.6. The molecule has 0 saturated carbocycles. The molecule has 0 aromatic heterocycles. The van der Waals surface area contributed by atoms with Gasteiger partial charge in [-0.05, 0) is 28.1 Å². The standard InChI is InChI=1S/C7H6BrNO.Pd/c8-6-4-2-1-3-5(6)7(9)10;/h1-4H,(H2,9,10);. The van der Waals surface area contributed by atoms with E-state index in [9.17, 15) is 4.79 Å². The molecule has 4 heteroatoms. The Bertz CT molecular complexity index is 264. The van der Waals surface area contributed by atoms with Gasteiger partial charge in [0.15, 0.2) is 0 Å². The summed E-state index contributed by atoms with van der Waals surface area (Å²) in [4.78, 5) is 10.6. The molecule has 2 nitrogen and oxygen atoms in total. The van der Waals surface area contributed by atoms with Crippen LogP contribution in [0.25, 0.3) is 0 Å². The van der Waals surface area contributed by atoms with Gasteiger partial charge in [0.1, 0.15) is 0 Å². The number of rotatable bonds is 1. The van der Waals surface area contributed by atoms with Crippen LogP contribution in [0.3, 0.4) is 0 Å². The quantitative estimate of drug-likeness (QED) is 0.786. The van der Waals surface area contributed by atoms with E-state index in [2.05, 4.69) is 15.9 Å². The van der Waals surface area contributed by atoms with E-state index in [-0.39, 0.29) is 20.4 Å². The average molecular weight is 306 g/mol. The van der Waals surface area contributed by atoms with Gasteiger partial charge in [-0.1, -0.05) is 12.1 Å². The zero-order valence-corrected chi connectivity index (χ0v) is 8.63. The summed E-state index contributed by atoms with van der Waals surface area (Å²) in [5.74, 6) is -0.410. The minimum absolute atomic E-state index is 0. The summed E-state index contributed by atoms with van der Waals surface area (Å²) in [5, 5.41) is 0. The van der Waals surface area contributed by atoms with Gasteiger partial charge < -0.3 is 5.73 Å². The van der Waals surface area contributed by atoms with Crippen molar-refractivity contribution in [1.29, 1.82) is 0 Å². The fourth-order valence-electron chi connectivity index (χ4n) is 0.661. The minimum atomic E-state index is -0.410. The van der Waals surface area contributed by atoms with Crippen molar-refractivity contribution < 1.29 is 25.2 Å². The van der Waals surface area contributed by atoms with Crippen molar-refractivity contribution in [2.45, 2.75) is 0 Å². The van der Waals surface area contributed by atoms with E-state index in [0.29, 0.717) is 5.56 Å². The van der Waals surface area contributed by atoms with Crippen molar-refractivity contribution in [2.75, 3.05) is 0 Å². The Morgan fingerprint density at radius 3 is 2.27 bits per heavy atom. The van der Waals surface area contributed by atoms with E-state index in [0.717, 1.165) is 4.47 Å². The Hall–Kier alpha value is -0.168. The Balaban J connectivity index is 0.000001000. The van der Waals surface area contributed by atoms with E-state index in [1.807, 2.05) is 6.07 Å². The van der Waals surface area contributed by atoms with Crippen LogP contribution in [-0.2, 0) is 20.4 Å². The number of halogens is 1. The summed E-state index contributed by atoms with van der Waals surface area (Å²) >= 11 is 3.20. The minimum Gasteiger partial charge on any atom is -0.366 e. The molecule has 0 aliphatic carbocycles. The summed E-state index contributed by atoms with van der Waals surface area (Å²) in [5.41, 5.74) is 5.56. The van der Waals surface area contributed by atoms with Gasteiger partial charge in [0.05, 0.1) is 5.56 Å². The molecule has 1 amide bonds. The van der Waals surface area contributed by atoms with Crippen LogP contribution in [0.15, 0.2) is 28.7 Å². The van der Waals surface area contributed by atoms with Crippen molar-refractivity contribution in [1.82, 2.24) is 0 Å². The first kappa shape index (κ1) is 10.8. The van der Waals surface area contributed by atoms with Crippen LogP contribution >= 0.6 is 15.9 Å². The van der Waals surface area contributed by atoms with Crippen molar-refractivity contribution >= 4 is 21.8 Å². The largest absolute Gasteiger partial charge is 0.366 e. The monoisotopic (exact) mass is 305 g/mol. The third kappa shape index (κ3) is 2.74. The Morgan fingerprint density at radius 1 is 1.36 bits per heavy atom. The number of benzene rings is 1. The first-order valence-corrected chi connectivity index (χ1v) is 3.55. The number of hydrogen-bond acceptors (Lipinski definition) is 1. The maximum absolute atomic E-state index is 10.6. The predicted octanol–water partition coefficient (Wildman–Crippen LogP) is 1.55.